The molecular formula is C22H25N3OS2. The molecule has 4 nitrogen and oxygen atoms in total. The van der Waals surface area contributed by atoms with Gasteiger partial charge < -0.3 is 4.90 Å². The van der Waals surface area contributed by atoms with Crippen molar-refractivity contribution in [3.63, 3.8) is 0 Å². The normalized spacial score (nSPS) is 17.6. The van der Waals surface area contributed by atoms with Gasteiger partial charge in [-0.25, -0.2) is 4.98 Å². The van der Waals surface area contributed by atoms with Crippen LogP contribution in [0.4, 0.5) is 0 Å². The van der Waals surface area contributed by atoms with Crippen molar-refractivity contribution in [3.8, 4) is 0 Å². The van der Waals surface area contributed by atoms with E-state index in [1.54, 1.807) is 22.7 Å². The highest BCUT2D eigenvalue weighted by Crippen LogP contribution is 2.32. The summed E-state index contributed by atoms with van der Waals surface area (Å²) in [4.78, 5) is 23.2. The summed E-state index contributed by atoms with van der Waals surface area (Å²) in [5, 5.41) is 3.26. The maximum Gasteiger partial charge on any atom is 0.237 e. The summed E-state index contributed by atoms with van der Waals surface area (Å²) in [5.41, 5.74) is 1.09. The van der Waals surface area contributed by atoms with Gasteiger partial charge in [0.05, 0.1) is 28.3 Å². The van der Waals surface area contributed by atoms with Gasteiger partial charge in [0.15, 0.2) is 0 Å². The fourth-order valence-electron chi connectivity index (χ4n) is 3.76. The van der Waals surface area contributed by atoms with E-state index in [1.165, 1.54) is 14.6 Å². The van der Waals surface area contributed by atoms with Gasteiger partial charge in [-0.15, -0.1) is 29.3 Å². The van der Waals surface area contributed by atoms with Crippen LogP contribution in [0.25, 0.3) is 10.2 Å². The molecule has 146 valence electrons. The van der Waals surface area contributed by atoms with Gasteiger partial charge in [-0.05, 0) is 43.0 Å². The molecule has 1 aliphatic heterocycles. The molecule has 3 aromatic rings. The molecule has 1 atom stereocenters. The number of thiazole rings is 1. The third kappa shape index (κ3) is 4.51. The van der Waals surface area contributed by atoms with Crippen LogP contribution < -0.4 is 0 Å². The van der Waals surface area contributed by atoms with Crippen molar-refractivity contribution in [1.82, 2.24) is 14.8 Å². The first-order chi connectivity index (χ1) is 13.7. The number of carbonyl (C=O) groups excluding carboxylic acids is 1. The quantitative estimate of drug-likeness (QED) is 0.526. The van der Waals surface area contributed by atoms with E-state index in [9.17, 15) is 4.79 Å². The highest BCUT2D eigenvalue weighted by molar-refractivity contribution is 7.18. The van der Waals surface area contributed by atoms with E-state index in [4.69, 9.17) is 4.98 Å². The van der Waals surface area contributed by atoms with Crippen molar-refractivity contribution in [3.05, 3.63) is 64.3 Å². The first-order valence-electron chi connectivity index (χ1n) is 9.72. The van der Waals surface area contributed by atoms with Gasteiger partial charge in [0, 0.05) is 23.9 Å². The monoisotopic (exact) mass is 411 g/mol. The molecule has 0 radical (unpaired) electrons. The number of likely N-dealkylation sites (tertiary alicyclic amines) is 1. The highest BCUT2D eigenvalue weighted by atomic mass is 32.1. The Balaban J connectivity index is 1.40. The van der Waals surface area contributed by atoms with Crippen LogP contribution in [0.3, 0.4) is 0 Å². The Labute approximate surface area is 174 Å². The molecule has 3 heterocycles. The summed E-state index contributed by atoms with van der Waals surface area (Å²) >= 11 is 3.49. The van der Waals surface area contributed by atoms with Crippen LogP contribution in [-0.4, -0.2) is 46.9 Å². The second-order valence-electron chi connectivity index (χ2n) is 7.24. The second kappa shape index (κ2) is 8.99. The van der Waals surface area contributed by atoms with Crippen molar-refractivity contribution >= 4 is 38.8 Å². The maximum atomic E-state index is 12.9. The number of piperidine rings is 1. The number of hydrogen-bond acceptors (Lipinski definition) is 5. The Morgan fingerprint density at radius 3 is 3.00 bits per heavy atom. The molecule has 1 aliphatic rings. The van der Waals surface area contributed by atoms with Crippen molar-refractivity contribution < 1.29 is 4.79 Å². The predicted octanol–water partition coefficient (Wildman–Crippen LogP) is 4.75. The SMILES string of the molecule is C=CCN(Cc1cccs1)C(=O)CN1CCC[C@@H](c2nc3ccccc3s2)C1. The number of nitrogens with zero attached hydrogens (tertiary/aromatic N) is 3. The Morgan fingerprint density at radius 2 is 2.21 bits per heavy atom. The van der Waals surface area contributed by atoms with E-state index in [0.29, 0.717) is 25.6 Å². The van der Waals surface area contributed by atoms with E-state index in [2.05, 4.69) is 41.1 Å². The van der Waals surface area contributed by atoms with Crippen LogP contribution in [-0.2, 0) is 11.3 Å². The van der Waals surface area contributed by atoms with E-state index < -0.39 is 0 Å². The molecule has 1 aromatic carbocycles. The lowest BCUT2D eigenvalue weighted by Crippen LogP contribution is -2.43. The van der Waals surface area contributed by atoms with Crippen LogP contribution in [0.1, 0.15) is 28.6 Å². The summed E-state index contributed by atoms with van der Waals surface area (Å²) in [6.07, 6.45) is 4.07. The molecule has 0 unspecified atom stereocenters. The lowest BCUT2D eigenvalue weighted by atomic mass is 9.98. The third-order valence-electron chi connectivity index (χ3n) is 5.15. The Kier molecular flexibility index (Phi) is 6.20. The molecule has 0 bridgehead atoms. The molecule has 4 rings (SSSR count). The molecule has 0 aliphatic carbocycles. The highest BCUT2D eigenvalue weighted by Gasteiger charge is 2.26. The number of rotatable bonds is 7. The molecule has 28 heavy (non-hydrogen) atoms. The molecule has 1 amide bonds. The zero-order valence-electron chi connectivity index (χ0n) is 15.9. The number of amides is 1. The Hall–Kier alpha value is -2.02. The number of fused-ring (bicyclic) bond motifs is 1. The van der Waals surface area contributed by atoms with Crippen LogP contribution in [0.2, 0.25) is 0 Å². The minimum absolute atomic E-state index is 0.179. The summed E-state index contributed by atoms with van der Waals surface area (Å²) in [6, 6.07) is 12.4. The molecule has 0 N–H and O–H groups in total. The van der Waals surface area contributed by atoms with Gasteiger partial charge in [-0.3, -0.25) is 9.69 Å². The van der Waals surface area contributed by atoms with Crippen LogP contribution in [0.5, 0.6) is 0 Å². The zero-order valence-corrected chi connectivity index (χ0v) is 17.6. The smallest absolute Gasteiger partial charge is 0.237 e. The summed E-state index contributed by atoms with van der Waals surface area (Å²) < 4.78 is 1.25. The maximum absolute atomic E-state index is 12.9. The second-order valence-corrected chi connectivity index (χ2v) is 9.33. The predicted molar refractivity (Wildman–Crippen MR) is 118 cm³/mol. The first kappa shape index (κ1) is 19.3. The Bertz CT molecular complexity index is 901. The number of carbonyl (C=O) groups is 1. The first-order valence-corrected chi connectivity index (χ1v) is 11.4. The topological polar surface area (TPSA) is 36.4 Å². The standard InChI is InChI=1S/C22H25N3OS2/c1-2-11-25(15-18-8-6-13-27-18)21(26)16-24-12-5-7-17(14-24)22-23-19-9-3-4-10-20(19)28-22/h2-4,6,8-10,13,17H,1,5,7,11-12,14-16H2/t17-/m1/s1. The lowest BCUT2D eigenvalue weighted by Gasteiger charge is -2.32. The van der Waals surface area contributed by atoms with E-state index in [-0.39, 0.29) is 5.91 Å². The molecule has 6 heteroatoms. The molecule has 2 aromatic heterocycles. The van der Waals surface area contributed by atoms with Gasteiger partial charge in [-0.2, -0.15) is 0 Å². The van der Waals surface area contributed by atoms with Crippen LogP contribution in [0, 0.1) is 0 Å². The minimum atomic E-state index is 0.179. The third-order valence-corrected chi connectivity index (χ3v) is 7.21. The molecule has 1 fully saturated rings. The van der Waals surface area contributed by atoms with Gasteiger partial charge in [0.25, 0.3) is 0 Å². The van der Waals surface area contributed by atoms with Gasteiger partial charge >= 0.3 is 0 Å². The molecular weight excluding hydrogens is 386 g/mol. The van der Waals surface area contributed by atoms with E-state index in [0.717, 1.165) is 31.4 Å². The number of hydrogen-bond donors (Lipinski definition) is 0. The van der Waals surface area contributed by atoms with Crippen molar-refractivity contribution in [1.29, 1.82) is 0 Å². The van der Waals surface area contributed by atoms with Gasteiger partial charge in [0.2, 0.25) is 5.91 Å². The minimum Gasteiger partial charge on any atom is -0.333 e. The molecule has 0 saturated carbocycles. The molecule has 0 spiro atoms. The summed E-state index contributed by atoms with van der Waals surface area (Å²) in [5.74, 6) is 0.599. The lowest BCUT2D eigenvalue weighted by molar-refractivity contribution is -0.132. The van der Waals surface area contributed by atoms with Crippen molar-refractivity contribution in [2.45, 2.75) is 25.3 Å². The molecule has 1 saturated heterocycles. The van der Waals surface area contributed by atoms with E-state index >= 15 is 0 Å². The fourth-order valence-corrected chi connectivity index (χ4v) is 5.57. The fraction of sp³-hybridized carbons (Fsp3) is 0.364. The average Bonchev–Trinajstić information content (AvgIpc) is 3.37. The van der Waals surface area contributed by atoms with Crippen molar-refractivity contribution in [2.24, 2.45) is 0 Å². The zero-order chi connectivity index (χ0) is 19.3. The van der Waals surface area contributed by atoms with Crippen LogP contribution in [0.15, 0.2) is 54.4 Å². The number of benzene rings is 1. The number of thiophene rings is 1. The average molecular weight is 412 g/mol. The van der Waals surface area contributed by atoms with Crippen molar-refractivity contribution in [2.75, 3.05) is 26.2 Å². The van der Waals surface area contributed by atoms with Crippen LogP contribution >= 0.6 is 22.7 Å². The number of para-hydroxylation sites is 1. The largest absolute Gasteiger partial charge is 0.333 e. The van der Waals surface area contributed by atoms with Gasteiger partial charge in [0.1, 0.15) is 0 Å². The Morgan fingerprint density at radius 1 is 1.32 bits per heavy atom. The summed E-state index contributed by atoms with van der Waals surface area (Å²) in [6.45, 7) is 7.44. The number of aromatic nitrogens is 1. The van der Waals surface area contributed by atoms with Gasteiger partial charge in [-0.1, -0.05) is 24.3 Å². The van der Waals surface area contributed by atoms with E-state index in [1.807, 2.05) is 23.1 Å². The summed E-state index contributed by atoms with van der Waals surface area (Å²) in [7, 11) is 0.